The minimum atomic E-state index is -3.19. The molecular weight excluding hydrogens is 260 g/mol. The van der Waals surface area contributed by atoms with Crippen LogP contribution in [0.5, 0.6) is 0 Å². The van der Waals surface area contributed by atoms with Gasteiger partial charge in [0.25, 0.3) is 0 Å². The lowest BCUT2D eigenvalue weighted by Crippen LogP contribution is -2.45. The summed E-state index contributed by atoms with van der Waals surface area (Å²) in [5, 5.41) is 0. The maximum Gasteiger partial charge on any atom is 0.212 e. The molecular formula is C11H23ClN2O2S. The number of hydrogen-bond acceptors (Lipinski definition) is 3. The molecule has 4 nitrogen and oxygen atoms in total. The Labute approximate surface area is 110 Å². The van der Waals surface area contributed by atoms with Crippen LogP contribution in [0.25, 0.3) is 0 Å². The molecule has 17 heavy (non-hydrogen) atoms. The second kappa shape index (κ2) is 8.08. The highest BCUT2D eigenvalue weighted by Crippen LogP contribution is 2.27. The fraction of sp³-hybridized carbons (Fsp3) is 0.818. The Bertz CT molecular complexity index is 313. The summed E-state index contributed by atoms with van der Waals surface area (Å²) < 4.78 is 26.1. The lowest BCUT2D eigenvalue weighted by Gasteiger charge is -2.22. The molecule has 1 aliphatic rings. The van der Waals surface area contributed by atoms with E-state index in [-0.39, 0.29) is 24.2 Å². The molecule has 0 aromatic carbocycles. The molecule has 3 N–H and O–H groups in total. The topological polar surface area (TPSA) is 72.2 Å². The van der Waals surface area contributed by atoms with Crippen LogP contribution in [0.1, 0.15) is 32.1 Å². The molecule has 0 spiro atoms. The van der Waals surface area contributed by atoms with Crippen LogP contribution in [0.3, 0.4) is 0 Å². The number of nitrogens with two attached hydrogens (primary N) is 1. The second-order valence-electron chi connectivity index (χ2n) is 4.40. The van der Waals surface area contributed by atoms with E-state index >= 15 is 0 Å². The third-order valence-electron chi connectivity index (χ3n) is 3.14. The van der Waals surface area contributed by atoms with E-state index in [1.54, 1.807) is 6.08 Å². The minimum Gasteiger partial charge on any atom is -0.329 e. The maximum absolute atomic E-state index is 11.7. The summed E-state index contributed by atoms with van der Waals surface area (Å²) in [5.74, 6) is 0.531. The molecule has 0 heterocycles. The van der Waals surface area contributed by atoms with Gasteiger partial charge in [-0.2, -0.15) is 0 Å². The van der Waals surface area contributed by atoms with Crippen molar-refractivity contribution in [2.24, 2.45) is 11.7 Å². The van der Waals surface area contributed by atoms with Crippen molar-refractivity contribution >= 4 is 22.4 Å². The summed E-state index contributed by atoms with van der Waals surface area (Å²) in [6.07, 6.45) is 6.66. The molecule has 1 rings (SSSR count). The van der Waals surface area contributed by atoms with Gasteiger partial charge in [-0.3, -0.25) is 0 Å². The fourth-order valence-corrected chi connectivity index (χ4v) is 3.57. The largest absolute Gasteiger partial charge is 0.329 e. The van der Waals surface area contributed by atoms with Crippen molar-refractivity contribution in [2.45, 2.75) is 38.1 Å². The van der Waals surface area contributed by atoms with Crippen LogP contribution < -0.4 is 10.5 Å². The Hall–Kier alpha value is -0.100. The summed E-state index contributed by atoms with van der Waals surface area (Å²) in [6, 6.07) is -0.0858. The van der Waals surface area contributed by atoms with Crippen molar-refractivity contribution in [2.75, 3.05) is 12.3 Å². The van der Waals surface area contributed by atoms with Gasteiger partial charge in [-0.05, 0) is 25.2 Å². The van der Waals surface area contributed by atoms with Crippen LogP contribution in [0.15, 0.2) is 12.7 Å². The van der Waals surface area contributed by atoms with Gasteiger partial charge in [-0.1, -0.05) is 18.9 Å². The van der Waals surface area contributed by atoms with E-state index in [2.05, 4.69) is 11.3 Å². The van der Waals surface area contributed by atoms with Crippen LogP contribution in [-0.4, -0.2) is 26.8 Å². The Kier molecular flexibility index (Phi) is 8.03. The van der Waals surface area contributed by atoms with Gasteiger partial charge in [0.1, 0.15) is 0 Å². The SMILES string of the molecule is C=CCCS(=O)(=O)NC(CN)C1CCCC1.Cl. The molecule has 0 aromatic rings. The van der Waals surface area contributed by atoms with Gasteiger partial charge < -0.3 is 5.73 Å². The second-order valence-corrected chi connectivity index (χ2v) is 6.27. The van der Waals surface area contributed by atoms with Crippen molar-refractivity contribution in [3.8, 4) is 0 Å². The first-order valence-electron chi connectivity index (χ1n) is 5.90. The van der Waals surface area contributed by atoms with Gasteiger partial charge in [0.05, 0.1) is 5.75 Å². The quantitative estimate of drug-likeness (QED) is 0.694. The standard InChI is InChI=1S/C11H22N2O2S.ClH/c1-2-3-8-16(14,15)13-11(9-12)10-6-4-5-7-10;/h2,10-11,13H,1,3-9,12H2;1H. The lowest BCUT2D eigenvalue weighted by atomic mass is 9.99. The predicted octanol–water partition coefficient (Wildman–Crippen LogP) is 1.42. The highest BCUT2D eigenvalue weighted by molar-refractivity contribution is 7.89. The van der Waals surface area contributed by atoms with Crippen LogP contribution in [0, 0.1) is 5.92 Å². The summed E-state index contributed by atoms with van der Waals surface area (Å²) in [6.45, 7) is 3.91. The van der Waals surface area contributed by atoms with E-state index < -0.39 is 10.0 Å². The third-order valence-corrected chi connectivity index (χ3v) is 4.58. The van der Waals surface area contributed by atoms with E-state index in [4.69, 9.17) is 5.73 Å². The molecule has 0 saturated heterocycles. The monoisotopic (exact) mass is 282 g/mol. The number of allylic oxidation sites excluding steroid dienone is 1. The zero-order valence-electron chi connectivity index (χ0n) is 10.1. The molecule has 0 aliphatic heterocycles. The Morgan fingerprint density at radius 3 is 2.47 bits per heavy atom. The van der Waals surface area contributed by atoms with E-state index in [0.29, 0.717) is 18.9 Å². The molecule has 1 unspecified atom stereocenters. The van der Waals surface area contributed by atoms with Crippen LogP contribution in [-0.2, 0) is 10.0 Å². The molecule has 0 amide bonds. The van der Waals surface area contributed by atoms with Gasteiger partial charge in [0.15, 0.2) is 0 Å². The fourth-order valence-electron chi connectivity index (χ4n) is 2.22. The van der Waals surface area contributed by atoms with Crippen molar-refractivity contribution in [3.05, 3.63) is 12.7 Å². The van der Waals surface area contributed by atoms with Crippen molar-refractivity contribution < 1.29 is 8.42 Å². The van der Waals surface area contributed by atoms with Gasteiger partial charge in [-0.15, -0.1) is 19.0 Å². The van der Waals surface area contributed by atoms with Crippen LogP contribution >= 0.6 is 12.4 Å². The van der Waals surface area contributed by atoms with E-state index in [1.165, 1.54) is 12.8 Å². The number of nitrogens with one attached hydrogen (secondary N) is 1. The first kappa shape index (κ1) is 16.9. The Morgan fingerprint density at radius 1 is 1.41 bits per heavy atom. The smallest absolute Gasteiger partial charge is 0.212 e. The van der Waals surface area contributed by atoms with E-state index in [0.717, 1.165) is 12.8 Å². The molecule has 6 heteroatoms. The maximum atomic E-state index is 11.7. The molecule has 0 radical (unpaired) electrons. The summed E-state index contributed by atoms with van der Waals surface area (Å²) in [5.41, 5.74) is 5.64. The highest BCUT2D eigenvalue weighted by Gasteiger charge is 2.27. The molecule has 1 fully saturated rings. The summed E-state index contributed by atoms with van der Waals surface area (Å²) in [7, 11) is -3.19. The number of rotatable bonds is 7. The van der Waals surface area contributed by atoms with Crippen LogP contribution in [0.4, 0.5) is 0 Å². The Morgan fingerprint density at radius 2 is 2.00 bits per heavy atom. The zero-order chi connectivity index (χ0) is 12.0. The molecule has 0 bridgehead atoms. The lowest BCUT2D eigenvalue weighted by molar-refractivity contribution is 0.405. The van der Waals surface area contributed by atoms with Gasteiger partial charge in [-0.25, -0.2) is 13.1 Å². The number of halogens is 1. The van der Waals surface area contributed by atoms with E-state index in [9.17, 15) is 8.42 Å². The van der Waals surface area contributed by atoms with Crippen molar-refractivity contribution in [1.82, 2.24) is 4.72 Å². The number of hydrogen-bond donors (Lipinski definition) is 2. The third kappa shape index (κ3) is 5.86. The average molecular weight is 283 g/mol. The average Bonchev–Trinajstić information content (AvgIpc) is 2.76. The van der Waals surface area contributed by atoms with Crippen molar-refractivity contribution in [3.63, 3.8) is 0 Å². The molecule has 1 saturated carbocycles. The first-order valence-corrected chi connectivity index (χ1v) is 7.55. The zero-order valence-corrected chi connectivity index (χ0v) is 11.7. The predicted molar refractivity (Wildman–Crippen MR) is 73.8 cm³/mol. The molecule has 102 valence electrons. The van der Waals surface area contributed by atoms with Crippen LogP contribution in [0.2, 0.25) is 0 Å². The number of sulfonamides is 1. The molecule has 1 atom stereocenters. The van der Waals surface area contributed by atoms with Gasteiger partial charge in [0.2, 0.25) is 10.0 Å². The summed E-state index contributed by atoms with van der Waals surface area (Å²) in [4.78, 5) is 0. The molecule has 1 aliphatic carbocycles. The molecule has 0 aromatic heterocycles. The first-order chi connectivity index (χ1) is 7.59. The Balaban J connectivity index is 0.00000256. The highest BCUT2D eigenvalue weighted by atomic mass is 35.5. The minimum absolute atomic E-state index is 0. The van der Waals surface area contributed by atoms with E-state index in [1.807, 2.05) is 0 Å². The summed E-state index contributed by atoms with van der Waals surface area (Å²) >= 11 is 0. The van der Waals surface area contributed by atoms with Crippen molar-refractivity contribution in [1.29, 1.82) is 0 Å². The normalized spacial score (nSPS) is 18.6. The van der Waals surface area contributed by atoms with Gasteiger partial charge >= 0.3 is 0 Å². The van der Waals surface area contributed by atoms with Gasteiger partial charge in [0, 0.05) is 12.6 Å².